The SMILES string of the molecule is COC1CCN(C2CCN(S(=O)(=O)c3ccc(-c4cccc(Cl)c4)cc3)CC2)CC1. The summed E-state index contributed by atoms with van der Waals surface area (Å²) in [5, 5.41) is 0.665. The van der Waals surface area contributed by atoms with Crippen LogP contribution in [0.4, 0.5) is 0 Å². The molecular weight excluding hydrogens is 420 g/mol. The van der Waals surface area contributed by atoms with Crippen LogP contribution in [0.1, 0.15) is 25.7 Å². The molecule has 162 valence electrons. The number of halogens is 1. The van der Waals surface area contributed by atoms with Gasteiger partial charge in [0.05, 0.1) is 11.0 Å². The first-order valence-corrected chi connectivity index (χ1v) is 12.4. The van der Waals surface area contributed by atoms with Crippen molar-refractivity contribution in [3.63, 3.8) is 0 Å². The van der Waals surface area contributed by atoms with E-state index in [2.05, 4.69) is 4.90 Å². The van der Waals surface area contributed by atoms with Crippen LogP contribution in [-0.2, 0) is 14.8 Å². The predicted octanol–water partition coefficient (Wildman–Crippen LogP) is 4.27. The molecule has 2 aromatic rings. The van der Waals surface area contributed by atoms with E-state index < -0.39 is 10.0 Å². The topological polar surface area (TPSA) is 49.9 Å². The molecule has 0 aliphatic carbocycles. The van der Waals surface area contributed by atoms with Crippen LogP contribution >= 0.6 is 11.6 Å². The third-order valence-electron chi connectivity index (χ3n) is 6.40. The second-order valence-electron chi connectivity index (χ2n) is 8.14. The molecule has 2 aliphatic heterocycles. The molecule has 2 saturated heterocycles. The quantitative estimate of drug-likeness (QED) is 0.685. The molecule has 0 saturated carbocycles. The Hall–Kier alpha value is -1.44. The highest BCUT2D eigenvalue weighted by Crippen LogP contribution is 2.28. The minimum atomic E-state index is -3.47. The number of ether oxygens (including phenoxy) is 1. The van der Waals surface area contributed by atoms with E-state index in [1.165, 1.54) is 0 Å². The van der Waals surface area contributed by atoms with Crippen LogP contribution < -0.4 is 0 Å². The summed E-state index contributed by atoms with van der Waals surface area (Å²) in [4.78, 5) is 2.87. The van der Waals surface area contributed by atoms with Gasteiger partial charge >= 0.3 is 0 Å². The summed E-state index contributed by atoms with van der Waals surface area (Å²) >= 11 is 6.07. The number of sulfonamides is 1. The first kappa shape index (κ1) is 21.8. The Morgan fingerprint density at radius 3 is 2.17 bits per heavy atom. The lowest BCUT2D eigenvalue weighted by Crippen LogP contribution is -2.49. The fraction of sp³-hybridized carbons (Fsp3) is 0.478. The van der Waals surface area contributed by atoms with Crippen LogP contribution in [0, 0.1) is 0 Å². The lowest BCUT2D eigenvalue weighted by molar-refractivity contribution is 0.0190. The van der Waals surface area contributed by atoms with Gasteiger partial charge in [-0.1, -0.05) is 35.9 Å². The van der Waals surface area contributed by atoms with Crippen LogP contribution in [0.15, 0.2) is 53.4 Å². The van der Waals surface area contributed by atoms with Crippen molar-refractivity contribution in [2.45, 2.75) is 42.7 Å². The molecule has 0 aromatic heterocycles. The van der Waals surface area contributed by atoms with Gasteiger partial charge < -0.3 is 9.64 Å². The third kappa shape index (κ3) is 4.73. The molecular formula is C23H29ClN2O3S. The van der Waals surface area contributed by atoms with Crippen LogP contribution in [0.5, 0.6) is 0 Å². The first-order chi connectivity index (χ1) is 14.5. The van der Waals surface area contributed by atoms with Gasteiger partial charge in [0, 0.05) is 44.4 Å². The minimum absolute atomic E-state index is 0.354. The second kappa shape index (κ2) is 9.37. The Kier molecular flexibility index (Phi) is 6.80. The normalized spacial score (nSPS) is 20.5. The molecule has 4 rings (SSSR count). The molecule has 0 bridgehead atoms. The zero-order valence-corrected chi connectivity index (χ0v) is 18.9. The summed E-state index contributed by atoms with van der Waals surface area (Å²) in [5.41, 5.74) is 1.93. The zero-order chi connectivity index (χ0) is 21.1. The average molecular weight is 449 g/mol. The van der Waals surface area contributed by atoms with Crippen molar-refractivity contribution in [3.05, 3.63) is 53.6 Å². The molecule has 0 atom stereocenters. The molecule has 0 N–H and O–H groups in total. The highest BCUT2D eigenvalue weighted by atomic mass is 35.5. The van der Waals surface area contributed by atoms with Crippen molar-refractivity contribution in [2.75, 3.05) is 33.3 Å². The fourth-order valence-corrected chi connectivity index (χ4v) is 6.22. The molecule has 30 heavy (non-hydrogen) atoms. The van der Waals surface area contributed by atoms with Crippen molar-refractivity contribution in [2.24, 2.45) is 0 Å². The van der Waals surface area contributed by atoms with Crippen LogP contribution in [0.3, 0.4) is 0 Å². The number of piperidine rings is 2. The van der Waals surface area contributed by atoms with Crippen molar-refractivity contribution in [1.29, 1.82) is 0 Å². The van der Waals surface area contributed by atoms with Gasteiger partial charge in [-0.2, -0.15) is 4.31 Å². The Bertz CT molecular complexity index is 949. The Morgan fingerprint density at radius 1 is 0.900 bits per heavy atom. The highest BCUT2D eigenvalue weighted by Gasteiger charge is 2.33. The number of nitrogens with zero attached hydrogens (tertiary/aromatic N) is 2. The number of likely N-dealkylation sites (tertiary alicyclic amines) is 1. The van der Waals surface area contributed by atoms with Gasteiger partial charge in [-0.05, 0) is 61.1 Å². The fourth-order valence-electron chi connectivity index (χ4n) is 4.56. The summed E-state index contributed by atoms with van der Waals surface area (Å²) in [6, 6.07) is 15.1. The van der Waals surface area contributed by atoms with E-state index in [1.807, 2.05) is 36.4 Å². The average Bonchev–Trinajstić information content (AvgIpc) is 2.79. The summed E-state index contributed by atoms with van der Waals surface area (Å²) < 4.78 is 33.4. The van der Waals surface area contributed by atoms with E-state index in [1.54, 1.807) is 23.5 Å². The van der Waals surface area contributed by atoms with E-state index in [0.29, 0.717) is 35.2 Å². The van der Waals surface area contributed by atoms with Crippen molar-refractivity contribution in [1.82, 2.24) is 9.21 Å². The zero-order valence-electron chi connectivity index (χ0n) is 17.3. The van der Waals surface area contributed by atoms with E-state index in [9.17, 15) is 8.42 Å². The van der Waals surface area contributed by atoms with Crippen LogP contribution in [-0.4, -0.2) is 63.1 Å². The van der Waals surface area contributed by atoms with Gasteiger partial charge in [0.1, 0.15) is 0 Å². The predicted molar refractivity (Wildman–Crippen MR) is 120 cm³/mol. The van der Waals surface area contributed by atoms with Crippen molar-refractivity contribution < 1.29 is 13.2 Å². The summed E-state index contributed by atoms with van der Waals surface area (Å²) in [6.45, 7) is 3.24. The van der Waals surface area contributed by atoms with Gasteiger partial charge in [0.25, 0.3) is 0 Å². The van der Waals surface area contributed by atoms with Crippen molar-refractivity contribution >= 4 is 21.6 Å². The lowest BCUT2D eigenvalue weighted by atomic mass is 10.00. The number of hydrogen-bond acceptors (Lipinski definition) is 4. The molecule has 0 spiro atoms. The first-order valence-electron chi connectivity index (χ1n) is 10.6. The third-order valence-corrected chi connectivity index (χ3v) is 8.55. The van der Waals surface area contributed by atoms with Gasteiger partial charge in [-0.25, -0.2) is 8.42 Å². The molecule has 5 nitrogen and oxygen atoms in total. The molecule has 7 heteroatoms. The van der Waals surface area contributed by atoms with Crippen molar-refractivity contribution in [3.8, 4) is 11.1 Å². The molecule has 0 unspecified atom stereocenters. The molecule has 2 fully saturated rings. The Labute approximate surface area is 184 Å². The van der Waals surface area contributed by atoms with Gasteiger partial charge in [0.2, 0.25) is 10.0 Å². The number of hydrogen-bond donors (Lipinski definition) is 0. The maximum atomic E-state index is 13.1. The smallest absolute Gasteiger partial charge is 0.243 e. The molecule has 2 heterocycles. The standard InChI is InChI=1S/C23H29ClN2O3S/c1-29-22-11-13-25(14-12-22)21-9-15-26(16-10-21)30(27,28)23-7-5-18(6-8-23)19-3-2-4-20(24)17-19/h2-8,17,21-22H,9-16H2,1H3. The molecule has 2 aromatic carbocycles. The number of benzene rings is 2. The molecule has 0 amide bonds. The van der Waals surface area contributed by atoms with Gasteiger partial charge in [-0.3, -0.25) is 0 Å². The summed E-state index contributed by atoms with van der Waals surface area (Å²) in [5.74, 6) is 0. The lowest BCUT2D eigenvalue weighted by Gasteiger charge is -2.41. The summed E-state index contributed by atoms with van der Waals surface area (Å²) in [7, 11) is -1.68. The second-order valence-corrected chi connectivity index (χ2v) is 10.5. The van der Waals surface area contributed by atoms with Gasteiger partial charge in [0.15, 0.2) is 0 Å². The van der Waals surface area contributed by atoms with Crippen LogP contribution in [0.25, 0.3) is 11.1 Å². The Morgan fingerprint density at radius 2 is 1.57 bits per heavy atom. The van der Waals surface area contributed by atoms with E-state index in [0.717, 1.165) is 49.9 Å². The maximum Gasteiger partial charge on any atom is 0.243 e. The maximum absolute atomic E-state index is 13.1. The number of rotatable bonds is 5. The minimum Gasteiger partial charge on any atom is -0.381 e. The highest BCUT2D eigenvalue weighted by molar-refractivity contribution is 7.89. The molecule has 2 aliphatic rings. The molecule has 0 radical (unpaired) electrons. The van der Waals surface area contributed by atoms with E-state index in [4.69, 9.17) is 16.3 Å². The van der Waals surface area contributed by atoms with E-state index >= 15 is 0 Å². The van der Waals surface area contributed by atoms with Gasteiger partial charge in [-0.15, -0.1) is 0 Å². The van der Waals surface area contributed by atoms with Crippen LogP contribution in [0.2, 0.25) is 5.02 Å². The Balaban J connectivity index is 1.38. The monoisotopic (exact) mass is 448 g/mol. The largest absolute Gasteiger partial charge is 0.381 e. The summed E-state index contributed by atoms with van der Waals surface area (Å²) in [6.07, 6.45) is 4.27. The number of methoxy groups -OCH3 is 1. The van der Waals surface area contributed by atoms with E-state index in [-0.39, 0.29) is 0 Å².